The average Bonchev–Trinajstić information content (AvgIpc) is 3.51. The van der Waals surface area contributed by atoms with Crippen LogP contribution in [0.3, 0.4) is 0 Å². The molecule has 2 fully saturated rings. The van der Waals surface area contributed by atoms with Crippen LogP contribution in [0.2, 0.25) is 0 Å². The number of imidazole rings is 1. The van der Waals surface area contributed by atoms with Crippen molar-refractivity contribution < 1.29 is 32.8 Å². The topological polar surface area (TPSA) is 161 Å². The van der Waals surface area contributed by atoms with Crippen LogP contribution in [0.25, 0.3) is 5.78 Å². The maximum absolute atomic E-state index is 14.0. The summed E-state index contributed by atoms with van der Waals surface area (Å²) in [6, 6.07) is -1.32. The van der Waals surface area contributed by atoms with E-state index in [1.807, 2.05) is 0 Å². The highest BCUT2D eigenvalue weighted by atomic mass is 19.3. The number of hydrogen-bond acceptors (Lipinski definition) is 10. The average molecular weight is 577 g/mol. The highest BCUT2D eigenvalue weighted by Gasteiger charge is 2.40. The summed E-state index contributed by atoms with van der Waals surface area (Å²) in [6.45, 7) is 7.19. The van der Waals surface area contributed by atoms with Gasteiger partial charge in [-0.15, -0.1) is 0 Å². The van der Waals surface area contributed by atoms with E-state index in [9.17, 15) is 23.5 Å². The number of aryl methyl sites for hydroxylation is 1. The van der Waals surface area contributed by atoms with E-state index in [0.29, 0.717) is 23.5 Å². The molecule has 0 aromatic carbocycles. The number of nitrogens with zero attached hydrogens (tertiary/aromatic N) is 7. The second-order valence-corrected chi connectivity index (χ2v) is 11.8. The molecule has 2 N–H and O–H groups in total. The van der Waals surface area contributed by atoms with E-state index in [-0.39, 0.29) is 56.0 Å². The van der Waals surface area contributed by atoms with Crippen molar-refractivity contribution in [3.8, 4) is 0 Å². The molecule has 41 heavy (non-hydrogen) atoms. The van der Waals surface area contributed by atoms with Gasteiger partial charge >= 0.3 is 6.09 Å². The van der Waals surface area contributed by atoms with Gasteiger partial charge in [-0.2, -0.15) is 5.10 Å². The van der Waals surface area contributed by atoms with E-state index in [4.69, 9.17) is 4.74 Å². The van der Waals surface area contributed by atoms with E-state index in [0.717, 1.165) is 0 Å². The Kier molecular flexibility index (Phi) is 7.66. The van der Waals surface area contributed by atoms with Gasteiger partial charge in [-0.3, -0.25) is 9.69 Å². The maximum Gasteiger partial charge on any atom is 0.410 e. The molecule has 0 spiro atoms. The molecule has 2 amide bonds. The minimum atomic E-state index is -2.75. The van der Waals surface area contributed by atoms with Gasteiger partial charge < -0.3 is 15.2 Å². The Balaban J connectivity index is 1.45. The molecular weight excluding hydrogens is 542 g/mol. The van der Waals surface area contributed by atoms with Gasteiger partial charge in [0.25, 0.3) is 11.7 Å². The molecule has 222 valence electrons. The van der Waals surface area contributed by atoms with Gasteiger partial charge in [0.05, 0.1) is 42.0 Å². The fourth-order valence-corrected chi connectivity index (χ4v) is 5.36. The zero-order chi connectivity index (χ0) is 29.5. The molecule has 3 atom stereocenters. The fraction of sp³-hybridized carbons (Fsp3) is 0.654. The van der Waals surface area contributed by atoms with Crippen molar-refractivity contribution in [1.82, 2.24) is 40.1 Å². The molecule has 3 aromatic heterocycles. The number of fused-ring (bicyclic) bond motifs is 1. The second kappa shape index (κ2) is 10.9. The lowest BCUT2D eigenvalue weighted by atomic mass is 9.81. The zero-order valence-electron chi connectivity index (χ0n) is 23.4. The van der Waals surface area contributed by atoms with Gasteiger partial charge in [-0.1, -0.05) is 5.16 Å². The van der Waals surface area contributed by atoms with Crippen molar-refractivity contribution in [3.63, 3.8) is 0 Å². The Morgan fingerprint density at radius 1 is 1.20 bits per heavy atom. The molecule has 1 saturated heterocycles. The number of hydrogen-bond donors (Lipinski definition) is 2. The molecule has 5 rings (SSSR count). The third kappa shape index (κ3) is 6.44. The molecule has 3 aromatic rings. The van der Waals surface area contributed by atoms with Crippen LogP contribution in [0.5, 0.6) is 0 Å². The van der Waals surface area contributed by atoms with E-state index in [1.54, 1.807) is 33.9 Å². The SMILES string of the molecule is Cc1nonc1C(=O)N[C@H](c1cn2ncc(C3CC(O)CCN3C(=O)OC(C)(C)C)nc2n1)C1CCC(F)(F)CC1. The second-order valence-electron chi connectivity index (χ2n) is 11.8. The first-order valence-electron chi connectivity index (χ1n) is 13.7. The quantitative estimate of drug-likeness (QED) is 0.460. The van der Waals surface area contributed by atoms with Gasteiger partial charge in [-0.05, 0) is 64.5 Å². The summed E-state index contributed by atoms with van der Waals surface area (Å²) in [5, 5.41) is 25.0. The third-order valence-electron chi connectivity index (χ3n) is 7.48. The molecule has 1 aliphatic heterocycles. The number of halogens is 2. The number of likely N-dealkylation sites (tertiary alicyclic amines) is 1. The standard InChI is InChI=1S/C26H34F2N8O5/c1-14-20(34-41-33-14)22(38)32-21(15-5-8-26(27,28)9-6-15)18-13-36-23(31-18)30-17(12-29-36)19-11-16(37)7-10-35(19)24(39)40-25(2,3)4/h12-13,15-16,19,21,37H,5-11H2,1-4H3,(H,32,38)/t16?,19?,21-/m0/s1. The number of rotatable bonds is 5. The van der Waals surface area contributed by atoms with Crippen molar-refractivity contribution in [2.75, 3.05) is 6.54 Å². The lowest BCUT2D eigenvalue weighted by Crippen LogP contribution is -2.45. The number of aliphatic hydroxyl groups is 1. The van der Waals surface area contributed by atoms with Crippen LogP contribution in [0, 0.1) is 12.8 Å². The zero-order valence-corrected chi connectivity index (χ0v) is 23.4. The number of carbonyl (C=O) groups excluding carboxylic acids is 2. The van der Waals surface area contributed by atoms with Crippen LogP contribution in [0.4, 0.5) is 13.6 Å². The van der Waals surface area contributed by atoms with E-state index in [1.165, 1.54) is 15.6 Å². The summed E-state index contributed by atoms with van der Waals surface area (Å²) in [6.07, 6.45) is 2.35. The van der Waals surface area contributed by atoms with Crippen LogP contribution < -0.4 is 5.32 Å². The number of ether oxygens (including phenoxy) is 1. The monoisotopic (exact) mass is 576 g/mol. The Bertz CT molecular complexity index is 1410. The minimum absolute atomic E-state index is 0.00321. The van der Waals surface area contributed by atoms with Crippen molar-refractivity contribution in [2.45, 2.75) is 95.9 Å². The van der Waals surface area contributed by atoms with Gasteiger partial charge in [-0.25, -0.2) is 32.7 Å². The minimum Gasteiger partial charge on any atom is -0.444 e. The third-order valence-corrected chi connectivity index (χ3v) is 7.48. The number of aliphatic hydroxyl groups excluding tert-OH is 1. The summed E-state index contributed by atoms with van der Waals surface area (Å²) in [4.78, 5) is 36.8. The molecule has 1 aliphatic carbocycles. The Hall–Kier alpha value is -3.75. The molecule has 2 unspecified atom stereocenters. The van der Waals surface area contributed by atoms with Crippen LogP contribution in [-0.2, 0) is 4.74 Å². The molecule has 2 aliphatic rings. The van der Waals surface area contributed by atoms with Gasteiger partial charge in [0.15, 0.2) is 5.69 Å². The van der Waals surface area contributed by atoms with Crippen molar-refractivity contribution in [3.05, 3.63) is 35.2 Å². The van der Waals surface area contributed by atoms with E-state index >= 15 is 0 Å². The summed E-state index contributed by atoms with van der Waals surface area (Å²) in [7, 11) is 0. The lowest BCUT2D eigenvalue weighted by molar-refractivity contribution is -0.0495. The van der Waals surface area contributed by atoms with Gasteiger partial charge in [0.2, 0.25) is 5.92 Å². The number of aromatic nitrogens is 6. The summed E-state index contributed by atoms with van der Waals surface area (Å²) >= 11 is 0. The van der Waals surface area contributed by atoms with E-state index in [2.05, 4.69) is 35.3 Å². The fourth-order valence-electron chi connectivity index (χ4n) is 5.36. The largest absolute Gasteiger partial charge is 0.444 e. The Morgan fingerprint density at radius 3 is 2.59 bits per heavy atom. The van der Waals surface area contributed by atoms with Crippen LogP contribution in [-0.4, -0.2) is 76.1 Å². The van der Waals surface area contributed by atoms with Gasteiger partial charge in [0.1, 0.15) is 11.3 Å². The first-order valence-corrected chi connectivity index (χ1v) is 13.7. The highest BCUT2D eigenvalue weighted by molar-refractivity contribution is 5.93. The number of alkyl halides is 2. The van der Waals surface area contributed by atoms with Crippen molar-refractivity contribution >= 4 is 17.8 Å². The molecule has 13 nitrogen and oxygen atoms in total. The summed E-state index contributed by atoms with van der Waals surface area (Å²) < 4.78 is 39.6. The normalized spacial score (nSPS) is 22.5. The lowest BCUT2D eigenvalue weighted by Gasteiger charge is -2.38. The Morgan fingerprint density at radius 2 is 1.93 bits per heavy atom. The molecule has 0 radical (unpaired) electrons. The summed E-state index contributed by atoms with van der Waals surface area (Å²) in [5.41, 5.74) is 0.406. The molecule has 1 saturated carbocycles. The van der Waals surface area contributed by atoms with Crippen molar-refractivity contribution in [2.24, 2.45) is 5.92 Å². The molecular formula is C26H34F2N8O5. The number of carbonyl (C=O) groups is 2. The number of amides is 2. The van der Waals surface area contributed by atoms with Gasteiger partial charge in [0, 0.05) is 19.4 Å². The predicted octanol–water partition coefficient (Wildman–Crippen LogP) is 3.55. The smallest absolute Gasteiger partial charge is 0.410 e. The number of nitrogens with one attached hydrogen (secondary N) is 1. The van der Waals surface area contributed by atoms with Crippen LogP contribution >= 0.6 is 0 Å². The molecule has 0 bridgehead atoms. The van der Waals surface area contributed by atoms with Crippen LogP contribution in [0.1, 0.15) is 99.0 Å². The molecule has 4 heterocycles. The maximum atomic E-state index is 14.0. The van der Waals surface area contributed by atoms with Crippen molar-refractivity contribution in [1.29, 1.82) is 0 Å². The highest BCUT2D eigenvalue weighted by Crippen LogP contribution is 2.41. The summed E-state index contributed by atoms with van der Waals surface area (Å²) in [5.74, 6) is -3.44. The van der Waals surface area contributed by atoms with E-state index < -0.39 is 41.7 Å². The number of piperidine rings is 1. The Labute approximate surface area is 234 Å². The molecule has 15 heteroatoms. The first kappa shape index (κ1) is 28.8. The predicted molar refractivity (Wildman–Crippen MR) is 138 cm³/mol. The first-order chi connectivity index (χ1) is 19.3. The van der Waals surface area contributed by atoms with Crippen LogP contribution in [0.15, 0.2) is 17.0 Å².